The number of ether oxygens (including phenoxy) is 1. The third-order valence-corrected chi connectivity index (χ3v) is 3.98. The highest BCUT2D eigenvalue weighted by molar-refractivity contribution is 7.37. The Labute approximate surface area is 117 Å². The quantitative estimate of drug-likeness (QED) is 0.634. The standard InChI is InChI=1S/C5H11NO.C5H12NP.2C2H6/c1-6-2-4-7-5-3-6;1-6-3-2-4-7-5-6;2*1-2/h2-5H2,1H3;7H,2-5H2,1H3;2*1-2H3. The molecular formula is C14H35N2OP. The van der Waals surface area contributed by atoms with Crippen molar-refractivity contribution in [2.45, 2.75) is 34.1 Å². The van der Waals surface area contributed by atoms with Gasteiger partial charge in [-0.25, -0.2) is 0 Å². The minimum atomic E-state index is 0.913. The van der Waals surface area contributed by atoms with Crippen LogP contribution in [0.25, 0.3) is 0 Å². The van der Waals surface area contributed by atoms with E-state index in [-0.39, 0.29) is 0 Å². The van der Waals surface area contributed by atoms with E-state index >= 15 is 0 Å². The molecule has 4 heteroatoms. The summed E-state index contributed by atoms with van der Waals surface area (Å²) in [5, 5.41) is 0. The molecule has 0 bridgehead atoms. The van der Waals surface area contributed by atoms with Crippen molar-refractivity contribution in [3.8, 4) is 0 Å². The highest BCUT2D eigenvalue weighted by Gasteiger charge is 2.02. The van der Waals surface area contributed by atoms with E-state index in [9.17, 15) is 0 Å². The molecule has 0 radical (unpaired) electrons. The minimum absolute atomic E-state index is 0.913. The molecule has 1 unspecified atom stereocenters. The first kappa shape index (κ1) is 20.6. The first-order valence-corrected chi connectivity index (χ1v) is 8.86. The van der Waals surface area contributed by atoms with Gasteiger partial charge < -0.3 is 14.5 Å². The number of morpholine rings is 1. The number of hydrogen-bond donors (Lipinski definition) is 0. The van der Waals surface area contributed by atoms with Crippen LogP contribution in [0.5, 0.6) is 0 Å². The summed E-state index contributed by atoms with van der Waals surface area (Å²) in [4.78, 5) is 4.67. The fourth-order valence-corrected chi connectivity index (χ4v) is 2.58. The van der Waals surface area contributed by atoms with Crippen LogP contribution in [0.1, 0.15) is 34.1 Å². The molecule has 18 heavy (non-hydrogen) atoms. The molecule has 0 spiro atoms. The maximum absolute atomic E-state index is 5.10. The van der Waals surface area contributed by atoms with Crippen molar-refractivity contribution in [1.29, 1.82) is 0 Å². The van der Waals surface area contributed by atoms with Gasteiger partial charge in [-0.2, -0.15) is 0 Å². The van der Waals surface area contributed by atoms with Crippen LogP contribution in [0.15, 0.2) is 0 Å². The third-order valence-electron chi connectivity index (χ3n) is 2.51. The van der Waals surface area contributed by atoms with E-state index in [1.807, 2.05) is 27.7 Å². The summed E-state index contributed by atoms with van der Waals surface area (Å²) in [6.45, 7) is 13.3. The van der Waals surface area contributed by atoms with Crippen LogP contribution < -0.4 is 0 Å². The van der Waals surface area contributed by atoms with Gasteiger partial charge in [0.15, 0.2) is 0 Å². The Morgan fingerprint density at radius 1 is 0.833 bits per heavy atom. The van der Waals surface area contributed by atoms with Crippen LogP contribution in [0, 0.1) is 0 Å². The second-order valence-corrected chi connectivity index (χ2v) is 5.32. The molecule has 2 aliphatic rings. The number of rotatable bonds is 0. The Morgan fingerprint density at radius 3 is 1.61 bits per heavy atom. The second kappa shape index (κ2) is 17.3. The van der Waals surface area contributed by atoms with Crippen molar-refractivity contribution < 1.29 is 4.74 Å². The van der Waals surface area contributed by atoms with Crippen LogP contribution in [-0.4, -0.2) is 69.2 Å². The molecule has 0 N–H and O–H groups in total. The van der Waals surface area contributed by atoms with Crippen LogP contribution in [0.4, 0.5) is 0 Å². The van der Waals surface area contributed by atoms with Crippen molar-refractivity contribution in [2.24, 2.45) is 0 Å². The molecule has 2 rings (SSSR count). The summed E-state index contributed by atoms with van der Waals surface area (Å²) >= 11 is 0. The van der Waals surface area contributed by atoms with Gasteiger partial charge in [-0.3, -0.25) is 0 Å². The summed E-state index contributed by atoms with van der Waals surface area (Å²) in [5.74, 6) is 0. The topological polar surface area (TPSA) is 15.7 Å². The van der Waals surface area contributed by atoms with E-state index in [1.54, 1.807) is 0 Å². The van der Waals surface area contributed by atoms with Crippen LogP contribution >= 0.6 is 8.58 Å². The van der Waals surface area contributed by atoms with E-state index in [2.05, 4.69) is 23.9 Å². The molecule has 2 saturated heterocycles. The van der Waals surface area contributed by atoms with Gasteiger partial charge in [0.2, 0.25) is 0 Å². The van der Waals surface area contributed by atoms with Gasteiger partial charge in [0.05, 0.1) is 13.2 Å². The lowest BCUT2D eigenvalue weighted by Gasteiger charge is -2.21. The fraction of sp³-hybridized carbons (Fsp3) is 1.00. The first-order chi connectivity index (χ1) is 8.79. The average Bonchev–Trinajstić information content (AvgIpc) is 2.46. The van der Waals surface area contributed by atoms with Crippen molar-refractivity contribution in [3.63, 3.8) is 0 Å². The molecule has 112 valence electrons. The van der Waals surface area contributed by atoms with Gasteiger partial charge in [-0.15, -0.1) is 8.58 Å². The molecule has 3 nitrogen and oxygen atoms in total. The number of likely N-dealkylation sites (N-methyl/N-ethyl adjacent to an activating group) is 1. The molecule has 1 atom stereocenters. The third kappa shape index (κ3) is 14.4. The predicted octanol–water partition coefficient (Wildman–Crippen LogP) is 2.96. The van der Waals surface area contributed by atoms with Crippen molar-refractivity contribution in [1.82, 2.24) is 9.80 Å². The second-order valence-electron chi connectivity index (χ2n) is 4.01. The lowest BCUT2D eigenvalue weighted by atomic mass is 10.4. The molecule has 0 saturated carbocycles. The van der Waals surface area contributed by atoms with Crippen molar-refractivity contribution in [3.05, 3.63) is 0 Å². The predicted molar refractivity (Wildman–Crippen MR) is 86.3 cm³/mol. The Hall–Kier alpha value is 0.310. The van der Waals surface area contributed by atoms with E-state index in [0.29, 0.717) is 0 Å². The van der Waals surface area contributed by atoms with E-state index < -0.39 is 0 Å². The molecule has 0 aliphatic carbocycles. The summed E-state index contributed by atoms with van der Waals surface area (Å²) in [6, 6.07) is 0. The average molecular weight is 278 g/mol. The molecule has 2 fully saturated rings. The van der Waals surface area contributed by atoms with E-state index in [4.69, 9.17) is 4.74 Å². The molecule has 2 aliphatic heterocycles. The summed E-state index contributed by atoms with van der Waals surface area (Å²) in [7, 11) is 5.52. The first-order valence-electron chi connectivity index (χ1n) is 7.44. The zero-order valence-electron chi connectivity index (χ0n) is 13.5. The van der Waals surface area contributed by atoms with Gasteiger partial charge in [-0.1, -0.05) is 27.7 Å². The summed E-state index contributed by atoms with van der Waals surface area (Å²) in [5.41, 5.74) is 0. The van der Waals surface area contributed by atoms with Crippen LogP contribution in [0.2, 0.25) is 0 Å². The monoisotopic (exact) mass is 278 g/mol. The van der Waals surface area contributed by atoms with Gasteiger partial charge >= 0.3 is 0 Å². The highest BCUT2D eigenvalue weighted by atomic mass is 31.1. The number of hydrogen-bond acceptors (Lipinski definition) is 3. The SMILES string of the molecule is CC.CC.CN1CCCPC1.CN1CCOCC1. The largest absolute Gasteiger partial charge is 0.379 e. The van der Waals surface area contributed by atoms with Gasteiger partial charge in [0.1, 0.15) is 0 Å². The van der Waals surface area contributed by atoms with Gasteiger partial charge in [0.25, 0.3) is 0 Å². The van der Waals surface area contributed by atoms with Crippen molar-refractivity contribution >= 4 is 8.58 Å². The number of nitrogens with zero attached hydrogens (tertiary/aromatic N) is 2. The molecular weight excluding hydrogens is 243 g/mol. The molecule has 0 aromatic carbocycles. The van der Waals surface area contributed by atoms with Crippen LogP contribution in [-0.2, 0) is 4.74 Å². The van der Waals surface area contributed by atoms with Gasteiger partial charge in [-0.05, 0) is 33.2 Å². The highest BCUT2D eigenvalue weighted by Crippen LogP contribution is 2.17. The van der Waals surface area contributed by atoms with Crippen LogP contribution in [0.3, 0.4) is 0 Å². The molecule has 0 aromatic heterocycles. The smallest absolute Gasteiger partial charge is 0.0594 e. The fourth-order valence-electron chi connectivity index (χ4n) is 1.48. The Morgan fingerprint density at radius 2 is 1.39 bits per heavy atom. The van der Waals surface area contributed by atoms with Gasteiger partial charge in [0, 0.05) is 19.4 Å². The van der Waals surface area contributed by atoms with E-state index in [0.717, 1.165) is 26.3 Å². The molecule has 0 aromatic rings. The van der Waals surface area contributed by atoms with E-state index in [1.165, 1.54) is 34.0 Å². The zero-order chi connectivity index (χ0) is 14.2. The maximum Gasteiger partial charge on any atom is 0.0594 e. The lowest BCUT2D eigenvalue weighted by Crippen LogP contribution is -2.32. The zero-order valence-corrected chi connectivity index (χ0v) is 14.5. The maximum atomic E-state index is 5.10. The lowest BCUT2D eigenvalue weighted by molar-refractivity contribution is 0.0503. The normalized spacial score (nSPS) is 21.7. The van der Waals surface area contributed by atoms with Crippen molar-refractivity contribution in [2.75, 3.05) is 59.4 Å². The minimum Gasteiger partial charge on any atom is -0.379 e. The Bertz CT molecular complexity index is 120. The summed E-state index contributed by atoms with van der Waals surface area (Å²) in [6.07, 6.45) is 4.25. The Balaban J connectivity index is 0. The Kier molecular flexibility index (Phi) is 19.8. The molecule has 2 heterocycles. The summed E-state index contributed by atoms with van der Waals surface area (Å²) < 4.78 is 5.10. The molecule has 0 amide bonds.